The smallest absolute Gasteiger partial charge is 0.234 e. The molecule has 1 aromatic carbocycles. The Morgan fingerprint density at radius 1 is 1.13 bits per heavy atom. The molecule has 0 atom stereocenters. The third-order valence-corrected chi connectivity index (χ3v) is 5.14. The van der Waals surface area contributed by atoms with E-state index in [0.29, 0.717) is 20.9 Å². The molecule has 0 spiro atoms. The molecule has 0 aliphatic carbocycles. The van der Waals surface area contributed by atoms with Crippen LogP contribution in [0, 0.1) is 27.7 Å². The number of carbonyl (C=O) groups excluding carboxylic acids is 1. The molecule has 0 saturated heterocycles. The Morgan fingerprint density at radius 3 is 2.35 bits per heavy atom. The Morgan fingerprint density at radius 2 is 1.74 bits per heavy atom. The molecule has 122 valence electrons. The van der Waals surface area contributed by atoms with Crippen LogP contribution in [-0.2, 0) is 4.79 Å². The summed E-state index contributed by atoms with van der Waals surface area (Å²) < 4.78 is 0. The SMILES string of the molecule is Cc1ccc(Cl)c(NC(=O)CSc2nc(C)c(C)c(C)n2)c1Cl. The Bertz CT molecular complexity index is 742. The molecular formula is C16H17Cl2N3OS. The molecule has 7 heteroatoms. The van der Waals surface area contributed by atoms with Crippen LogP contribution < -0.4 is 5.32 Å². The second-order valence-corrected chi connectivity index (χ2v) is 6.92. The first-order valence-corrected chi connectivity index (χ1v) is 8.73. The molecule has 0 fully saturated rings. The summed E-state index contributed by atoms with van der Waals surface area (Å²) in [6.07, 6.45) is 0. The molecular weight excluding hydrogens is 353 g/mol. The van der Waals surface area contributed by atoms with Gasteiger partial charge in [-0.05, 0) is 44.9 Å². The largest absolute Gasteiger partial charge is 0.323 e. The topological polar surface area (TPSA) is 54.9 Å². The van der Waals surface area contributed by atoms with E-state index in [4.69, 9.17) is 23.2 Å². The fraction of sp³-hybridized carbons (Fsp3) is 0.312. The minimum Gasteiger partial charge on any atom is -0.323 e. The van der Waals surface area contributed by atoms with Crippen molar-refractivity contribution in [3.05, 3.63) is 44.7 Å². The number of carbonyl (C=O) groups is 1. The molecule has 2 rings (SSSR count). The van der Waals surface area contributed by atoms with E-state index in [0.717, 1.165) is 22.5 Å². The minimum absolute atomic E-state index is 0.183. The van der Waals surface area contributed by atoms with Gasteiger partial charge in [0, 0.05) is 11.4 Å². The van der Waals surface area contributed by atoms with E-state index in [-0.39, 0.29) is 11.7 Å². The van der Waals surface area contributed by atoms with Crippen molar-refractivity contribution >= 4 is 46.6 Å². The van der Waals surface area contributed by atoms with Crippen LogP contribution >= 0.6 is 35.0 Å². The van der Waals surface area contributed by atoms with Gasteiger partial charge in [0.25, 0.3) is 0 Å². The van der Waals surface area contributed by atoms with Gasteiger partial charge in [0.1, 0.15) is 0 Å². The van der Waals surface area contributed by atoms with Gasteiger partial charge in [-0.15, -0.1) is 0 Å². The first-order chi connectivity index (χ1) is 10.8. The first-order valence-electron chi connectivity index (χ1n) is 6.98. The molecule has 0 aliphatic rings. The molecule has 0 unspecified atom stereocenters. The maximum Gasteiger partial charge on any atom is 0.234 e. The zero-order valence-corrected chi connectivity index (χ0v) is 15.7. The highest BCUT2D eigenvalue weighted by Crippen LogP contribution is 2.33. The van der Waals surface area contributed by atoms with Crippen LogP contribution in [0.3, 0.4) is 0 Å². The number of thioether (sulfide) groups is 1. The number of nitrogens with zero attached hydrogens (tertiary/aromatic N) is 2. The number of hydrogen-bond donors (Lipinski definition) is 1. The summed E-state index contributed by atoms with van der Waals surface area (Å²) in [4.78, 5) is 20.9. The monoisotopic (exact) mass is 369 g/mol. The van der Waals surface area contributed by atoms with Gasteiger partial charge in [-0.25, -0.2) is 9.97 Å². The molecule has 4 nitrogen and oxygen atoms in total. The minimum atomic E-state index is -0.205. The second-order valence-electron chi connectivity index (χ2n) is 5.19. The number of amides is 1. The van der Waals surface area contributed by atoms with E-state index in [2.05, 4.69) is 15.3 Å². The van der Waals surface area contributed by atoms with E-state index in [1.807, 2.05) is 27.7 Å². The average molecular weight is 370 g/mol. The standard InChI is InChI=1S/C16H17Cl2N3OS/c1-8-5-6-12(17)15(14(8)18)21-13(22)7-23-16-19-10(3)9(2)11(4)20-16/h5-6H,7H2,1-4H3,(H,21,22). The highest BCUT2D eigenvalue weighted by atomic mass is 35.5. The fourth-order valence-corrected chi connectivity index (χ4v) is 3.08. The Hall–Kier alpha value is -1.30. The lowest BCUT2D eigenvalue weighted by molar-refractivity contribution is -0.113. The summed E-state index contributed by atoms with van der Waals surface area (Å²) in [5.74, 6) is -0.0217. The summed E-state index contributed by atoms with van der Waals surface area (Å²) >= 11 is 13.6. The summed E-state index contributed by atoms with van der Waals surface area (Å²) in [7, 11) is 0. The van der Waals surface area contributed by atoms with Gasteiger partial charge < -0.3 is 5.32 Å². The van der Waals surface area contributed by atoms with Crippen LogP contribution in [-0.4, -0.2) is 21.6 Å². The van der Waals surface area contributed by atoms with Crippen LogP contribution in [0.15, 0.2) is 17.3 Å². The third-order valence-electron chi connectivity index (χ3n) is 3.49. The Labute approximate surface area is 150 Å². The van der Waals surface area contributed by atoms with Crippen molar-refractivity contribution in [1.29, 1.82) is 0 Å². The molecule has 0 bridgehead atoms. The Balaban J connectivity index is 2.05. The predicted octanol–water partition coefficient (Wildman–Crippen LogP) is 4.75. The summed E-state index contributed by atoms with van der Waals surface area (Å²) in [6.45, 7) is 7.70. The number of halogens is 2. The second kappa shape index (κ2) is 7.51. The van der Waals surface area contributed by atoms with E-state index in [9.17, 15) is 4.79 Å². The first kappa shape index (κ1) is 18.0. The van der Waals surface area contributed by atoms with Crippen LogP contribution in [0.4, 0.5) is 5.69 Å². The van der Waals surface area contributed by atoms with Crippen molar-refractivity contribution in [2.75, 3.05) is 11.1 Å². The third kappa shape index (κ3) is 4.37. The number of rotatable bonds is 4. The number of aryl methyl sites for hydroxylation is 3. The number of benzene rings is 1. The lowest BCUT2D eigenvalue weighted by Crippen LogP contribution is -2.15. The van der Waals surface area contributed by atoms with Crippen molar-refractivity contribution < 1.29 is 4.79 Å². The van der Waals surface area contributed by atoms with E-state index in [1.54, 1.807) is 12.1 Å². The van der Waals surface area contributed by atoms with Crippen molar-refractivity contribution in [2.45, 2.75) is 32.9 Å². The molecule has 1 amide bonds. The predicted molar refractivity (Wildman–Crippen MR) is 96.8 cm³/mol. The van der Waals surface area contributed by atoms with Crippen molar-refractivity contribution in [3.8, 4) is 0 Å². The molecule has 0 saturated carbocycles. The van der Waals surface area contributed by atoms with Gasteiger partial charge >= 0.3 is 0 Å². The van der Waals surface area contributed by atoms with Crippen LogP contribution in [0.2, 0.25) is 10.0 Å². The summed E-state index contributed by atoms with van der Waals surface area (Å²) in [5.41, 5.74) is 4.20. The van der Waals surface area contributed by atoms with Crippen molar-refractivity contribution in [3.63, 3.8) is 0 Å². The molecule has 23 heavy (non-hydrogen) atoms. The number of nitrogens with one attached hydrogen (secondary N) is 1. The Kier molecular flexibility index (Phi) is 5.89. The molecule has 1 heterocycles. The molecule has 2 aromatic rings. The van der Waals surface area contributed by atoms with Gasteiger partial charge in [0.05, 0.1) is 21.5 Å². The average Bonchev–Trinajstić information content (AvgIpc) is 2.50. The maximum absolute atomic E-state index is 12.1. The zero-order valence-electron chi connectivity index (χ0n) is 13.3. The number of aromatic nitrogens is 2. The van der Waals surface area contributed by atoms with E-state index < -0.39 is 0 Å². The van der Waals surface area contributed by atoms with Crippen LogP contribution in [0.25, 0.3) is 0 Å². The highest BCUT2D eigenvalue weighted by Gasteiger charge is 2.13. The lowest BCUT2D eigenvalue weighted by atomic mass is 10.2. The fourth-order valence-electron chi connectivity index (χ4n) is 1.88. The van der Waals surface area contributed by atoms with Crippen LogP contribution in [0.1, 0.15) is 22.5 Å². The lowest BCUT2D eigenvalue weighted by Gasteiger charge is -2.11. The van der Waals surface area contributed by atoms with Crippen LogP contribution in [0.5, 0.6) is 0 Å². The van der Waals surface area contributed by atoms with E-state index in [1.165, 1.54) is 11.8 Å². The van der Waals surface area contributed by atoms with Gasteiger partial charge in [0.2, 0.25) is 5.91 Å². The normalized spacial score (nSPS) is 10.7. The van der Waals surface area contributed by atoms with Gasteiger partial charge in [-0.2, -0.15) is 0 Å². The molecule has 1 N–H and O–H groups in total. The van der Waals surface area contributed by atoms with Crippen molar-refractivity contribution in [1.82, 2.24) is 9.97 Å². The zero-order chi connectivity index (χ0) is 17.1. The maximum atomic E-state index is 12.1. The molecule has 0 aliphatic heterocycles. The summed E-state index contributed by atoms with van der Waals surface area (Å²) in [6, 6.07) is 3.52. The highest BCUT2D eigenvalue weighted by molar-refractivity contribution is 7.99. The van der Waals surface area contributed by atoms with Gasteiger partial charge in [-0.1, -0.05) is 41.0 Å². The molecule has 0 radical (unpaired) electrons. The number of hydrogen-bond acceptors (Lipinski definition) is 4. The number of anilines is 1. The summed E-state index contributed by atoms with van der Waals surface area (Å²) in [5, 5.41) is 4.20. The van der Waals surface area contributed by atoms with Crippen molar-refractivity contribution in [2.24, 2.45) is 0 Å². The van der Waals surface area contributed by atoms with E-state index >= 15 is 0 Å². The quantitative estimate of drug-likeness (QED) is 0.624. The van der Waals surface area contributed by atoms with Gasteiger partial charge in [0.15, 0.2) is 5.16 Å². The molecule has 1 aromatic heterocycles. The van der Waals surface area contributed by atoms with Gasteiger partial charge in [-0.3, -0.25) is 4.79 Å².